The number of carbonyl (C=O) groups is 1. The van der Waals surface area contributed by atoms with Crippen LogP contribution in [0.4, 0.5) is 0 Å². The number of rotatable bonds is 3. The molecule has 1 unspecified atom stereocenters. The number of nitrogens with zero attached hydrogens (tertiary/aromatic N) is 2. The molecule has 1 saturated carbocycles. The van der Waals surface area contributed by atoms with E-state index in [9.17, 15) is 4.79 Å². The Morgan fingerprint density at radius 2 is 2.29 bits per heavy atom. The van der Waals surface area contributed by atoms with Gasteiger partial charge in [-0.3, -0.25) is 4.79 Å². The molecule has 0 bridgehead atoms. The van der Waals surface area contributed by atoms with Gasteiger partial charge in [-0.25, -0.2) is 4.98 Å². The monoisotopic (exact) mass is 290 g/mol. The van der Waals surface area contributed by atoms with Crippen molar-refractivity contribution >= 4 is 5.91 Å². The quantitative estimate of drug-likeness (QED) is 0.845. The van der Waals surface area contributed by atoms with E-state index in [1.807, 2.05) is 12.4 Å². The van der Waals surface area contributed by atoms with Gasteiger partial charge in [0.15, 0.2) is 6.10 Å². The van der Waals surface area contributed by atoms with Gasteiger partial charge in [-0.1, -0.05) is 0 Å². The van der Waals surface area contributed by atoms with Crippen LogP contribution < -0.4 is 10.6 Å². The van der Waals surface area contributed by atoms with Crippen LogP contribution in [-0.2, 0) is 21.7 Å². The van der Waals surface area contributed by atoms with E-state index in [-0.39, 0.29) is 5.91 Å². The molecule has 2 aliphatic heterocycles. The lowest BCUT2D eigenvalue weighted by atomic mass is 9.89. The van der Waals surface area contributed by atoms with Crippen LogP contribution in [0.3, 0.4) is 0 Å². The van der Waals surface area contributed by atoms with Crippen LogP contribution in [0.2, 0.25) is 0 Å². The van der Waals surface area contributed by atoms with Crippen LogP contribution in [0, 0.1) is 5.92 Å². The van der Waals surface area contributed by atoms with Crippen LogP contribution in [0.25, 0.3) is 0 Å². The van der Waals surface area contributed by atoms with E-state index < -0.39 is 11.7 Å². The van der Waals surface area contributed by atoms with Crippen molar-refractivity contribution in [1.82, 2.24) is 20.2 Å². The maximum absolute atomic E-state index is 12.4. The third kappa shape index (κ3) is 2.46. The minimum atomic E-state index is -0.399. The number of carbonyl (C=O) groups excluding carboxylic acids is 1. The van der Waals surface area contributed by atoms with Crippen LogP contribution in [0.1, 0.15) is 31.5 Å². The SMILES string of the molecule is O=C(NCC1CC1)C1Cn2ccnc2C2(CCNCC2)O1. The molecule has 2 N–H and O–H groups in total. The van der Waals surface area contributed by atoms with Crippen molar-refractivity contribution in [2.24, 2.45) is 5.92 Å². The van der Waals surface area contributed by atoms with Gasteiger partial charge < -0.3 is 19.9 Å². The van der Waals surface area contributed by atoms with Gasteiger partial charge in [0.1, 0.15) is 11.4 Å². The molecule has 1 aromatic heterocycles. The van der Waals surface area contributed by atoms with E-state index in [1.54, 1.807) is 0 Å². The minimum Gasteiger partial charge on any atom is -0.354 e. The summed E-state index contributed by atoms with van der Waals surface area (Å²) in [4.78, 5) is 16.9. The number of hydrogen-bond acceptors (Lipinski definition) is 4. The molecule has 1 spiro atoms. The van der Waals surface area contributed by atoms with Gasteiger partial charge in [-0.05, 0) is 44.7 Å². The Balaban J connectivity index is 1.53. The highest BCUT2D eigenvalue weighted by atomic mass is 16.5. The lowest BCUT2D eigenvalue weighted by molar-refractivity contribution is -0.168. The summed E-state index contributed by atoms with van der Waals surface area (Å²) in [5, 5.41) is 6.40. The molecular weight excluding hydrogens is 268 g/mol. The normalized spacial score (nSPS) is 27.3. The molecule has 114 valence electrons. The number of piperidine rings is 1. The number of fused-ring (bicyclic) bond motifs is 2. The second-order valence-corrected chi connectivity index (χ2v) is 6.44. The third-order valence-corrected chi connectivity index (χ3v) is 4.82. The second kappa shape index (κ2) is 5.10. The van der Waals surface area contributed by atoms with Gasteiger partial charge in [-0.2, -0.15) is 0 Å². The summed E-state index contributed by atoms with van der Waals surface area (Å²) in [7, 11) is 0. The molecule has 3 heterocycles. The molecule has 0 radical (unpaired) electrons. The number of amides is 1. The number of aromatic nitrogens is 2. The summed E-state index contributed by atoms with van der Waals surface area (Å²) in [6, 6.07) is 0. The molecule has 4 rings (SSSR count). The number of ether oxygens (including phenoxy) is 1. The number of imidazole rings is 1. The van der Waals surface area contributed by atoms with Gasteiger partial charge in [0, 0.05) is 18.9 Å². The molecule has 21 heavy (non-hydrogen) atoms. The highest BCUT2D eigenvalue weighted by molar-refractivity contribution is 5.81. The molecule has 1 atom stereocenters. The first-order valence-corrected chi connectivity index (χ1v) is 7.95. The minimum absolute atomic E-state index is 0.0270. The first-order chi connectivity index (χ1) is 10.3. The van der Waals surface area contributed by atoms with Crippen LogP contribution in [-0.4, -0.2) is 41.2 Å². The van der Waals surface area contributed by atoms with Crippen molar-refractivity contribution in [3.63, 3.8) is 0 Å². The second-order valence-electron chi connectivity index (χ2n) is 6.44. The van der Waals surface area contributed by atoms with E-state index in [0.717, 1.165) is 38.3 Å². The van der Waals surface area contributed by atoms with Crippen LogP contribution in [0.15, 0.2) is 12.4 Å². The number of hydrogen-bond donors (Lipinski definition) is 2. The summed E-state index contributed by atoms with van der Waals surface area (Å²) in [5.41, 5.74) is -0.394. The Morgan fingerprint density at radius 1 is 1.48 bits per heavy atom. The Hall–Kier alpha value is -1.40. The van der Waals surface area contributed by atoms with E-state index >= 15 is 0 Å². The van der Waals surface area contributed by atoms with Crippen molar-refractivity contribution in [3.05, 3.63) is 18.2 Å². The Labute approximate surface area is 124 Å². The van der Waals surface area contributed by atoms with Gasteiger partial charge in [0.05, 0.1) is 6.54 Å². The summed E-state index contributed by atoms with van der Waals surface area (Å²) < 4.78 is 8.37. The lowest BCUT2D eigenvalue weighted by Gasteiger charge is -2.43. The van der Waals surface area contributed by atoms with Gasteiger partial charge in [-0.15, -0.1) is 0 Å². The Bertz CT molecular complexity index is 532. The largest absolute Gasteiger partial charge is 0.354 e. The first kappa shape index (κ1) is 13.3. The Morgan fingerprint density at radius 3 is 3.05 bits per heavy atom. The van der Waals surface area contributed by atoms with Crippen LogP contribution >= 0.6 is 0 Å². The molecule has 0 aromatic carbocycles. The van der Waals surface area contributed by atoms with Crippen molar-refractivity contribution < 1.29 is 9.53 Å². The zero-order chi connectivity index (χ0) is 14.3. The van der Waals surface area contributed by atoms with Gasteiger partial charge >= 0.3 is 0 Å². The zero-order valence-electron chi connectivity index (χ0n) is 12.2. The summed E-state index contributed by atoms with van der Waals surface area (Å²) in [6.07, 6.45) is 7.60. The van der Waals surface area contributed by atoms with Crippen molar-refractivity contribution in [3.8, 4) is 0 Å². The lowest BCUT2D eigenvalue weighted by Crippen LogP contribution is -2.53. The fourth-order valence-electron chi connectivity index (χ4n) is 3.39. The first-order valence-electron chi connectivity index (χ1n) is 7.95. The van der Waals surface area contributed by atoms with E-state index in [1.165, 1.54) is 12.8 Å². The predicted octanol–water partition coefficient (Wildman–Crippen LogP) is 0.387. The topological polar surface area (TPSA) is 68.2 Å². The van der Waals surface area contributed by atoms with Crippen molar-refractivity contribution in [2.45, 2.75) is 43.9 Å². The highest BCUT2D eigenvalue weighted by Gasteiger charge is 2.45. The van der Waals surface area contributed by atoms with Crippen molar-refractivity contribution in [1.29, 1.82) is 0 Å². The van der Waals surface area contributed by atoms with E-state index in [0.29, 0.717) is 12.5 Å². The average Bonchev–Trinajstić information content (AvgIpc) is 3.21. The maximum Gasteiger partial charge on any atom is 0.251 e. The Kier molecular flexibility index (Phi) is 3.23. The molecule has 6 nitrogen and oxygen atoms in total. The smallest absolute Gasteiger partial charge is 0.251 e. The number of nitrogens with one attached hydrogen (secondary N) is 2. The standard InChI is InChI=1S/C15H22N4O2/c20-13(18-9-11-1-2-11)12-10-19-8-7-17-14(19)15(21-12)3-5-16-6-4-15/h7-8,11-12,16H,1-6,9-10H2,(H,18,20). The summed E-state index contributed by atoms with van der Waals surface area (Å²) >= 11 is 0. The molecule has 1 amide bonds. The van der Waals surface area contributed by atoms with E-state index in [4.69, 9.17) is 4.74 Å². The molecular formula is C15H22N4O2. The fraction of sp³-hybridized carbons (Fsp3) is 0.733. The molecule has 3 aliphatic rings. The highest BCUT2D eigenvalue weighted by Crippen LogP contribution is 2.38. The maximum atomic E-state index is 12.4. The van der Waals surface area contributed by atoms with E-state index in [2.05, 4.69) is 20.2 Å². The molecule has 1 aromatic rings. The molecule has 2 fully saturated rings. The average molecular weight is 290 g/mol. The fourth-order valence-corrected chi connectivity index (χ4v) is 3.39. The van der Waals surface area contributed by atoms with Crippen LogP contribution in [0.5, 0.6) is 0 Å². The third-order valence-electron chi connectivity index (χ3n) is 4.82. The zero-order valence-corrected chi connectivity index (χ0v) is 12.2. The summed E-state index contributed by atoms with van der Waals surface area (Å²) in [6.45, 7) is 3.18. The van der Waals surface area contributed by atoms with Gasteiger partial charge in [0.25, 0.3) is 5.91 Å². The molecule has 1 aliphatic carbocycles. The predicted molar refractivity (Wildman–Crippen MR) is 76.6 cm³/mol. The summed E-state index contributed by atoms with van der Waals surface area (Å²) in [5.74, 6) is 1.70. The molecule has 6 heteroatoms. The van der Waals surface area contributed by atoms with Gasteiger partial charge in [0.2, 0.25) is 0 Å². The molecule has 1 saturated heterocycles. The van der Waals surface area contributed by atoms with Crippen molar-refractivity contribution in [2.75, 3.05) is 19.6 Å².